The fourth-order valence-corrected chi connectivity index (χ4v) is 3.03. The van der Waals surface area contributed by atoms with Crippen LogP contribution in [-0.2, 0) is 11.1 Å². The molecule has 0 spiro atoms. The van der Waals surface area contributed by atoms with Crippen LogP contribution >= 0.6 is 11.6 Å². The van der Waals surface area contributed by atoms with E-state index >= 15 is 0 Å². The van der Waals surface area contributed by atoms with E-state index in [0.29, 0.717) is 11.9 Å². The van der Waals surface area contributed by atoms with Crippen LogP contribution in [0.5, 0.6) is 0 Å². The minimum absolute atomic E-state index is 0.0137. The second kappa shape index (κ2) is 11.1. The van der Waals surface area contributed by atoms with Gasteiger partial charge in [0.25, 0.3) is 0 Å². The van der Waals surface area contributed by atoms with E-state index in [1.54, 1.807) is 18.2 Å². The van der Waals surface area contributed by atoms with Gasteiger partial charge in [0.1, 0.15) is 5.82 Å². The summed E-state index contributed by atoms with van der Waals surface area (Å²) in [6.45, 7) is 3.39. The molecule has 0 heterocycles. The SMILES string of the molecule is C=C/C=C\C=C/F.FOC(F)(F)c1ccc(C2CCCCC2)c(F)c1Cl. The molecule has 0 atom stereocenters. The third-order valence-electron chi connectivity index (χ3n) is 4.00. The van der Waals surface area contributed by atoms with Gasteiger partial charge in [-0.15, -0.1) is 4.94 Å². The smallest absolute Gasteiger partial charge is 0.216 e. The summed E-state index contributed by atoms with van der Waals surface area (Å²) in [5, 5.41) is -0.772. The Labute approximate surface area is 154 Å². The fourth-order valence-electron chi connectivity index (χ4n) is 2.74. The molecule has 1 aromatic rings. The highest BCUT2D eigenvalue weighted by molar-refractivity contribution is 6.31. The Morgan fingerprint density at radius 2 is 1.77 bits per heavy atom. The van der Waals surface area contributed by atoms with Crippen LogP contribution in [0.3, 0.4) is 0 Å². The first-order valence-corrected chi connectivity index (χ1v) is 8.47. The molecule has 1 fully saturated rings. The van der Waals surface area contributed by atoms with Crippen molar-refractivity contribution in [1.82, 2.24) is 0 Å². The van der Waals surface area contributed by atoms with Gasteiger partial charge in [-0.3, -0.25) is 0 Å². The molecule has 1 saturated carbocycles. The molecule has 0 N–H and O–H groups in total. The van der Waals surface area contributed by atoms with Crippen LogP contribution in [0.15, 0.2) is 49.3 Å². The van der Waals surface area contributed by atoms with Crippen molar-refractivity contribution in [2.24, 2.45) is 0 Å². The van der Waals surface area contributed by atoms with E-state index in [-0.39, 0.29) is 5.92 Å². The van der Waals surface area contributed by atoms with Gasteiger partial charge in [0.05, 0.1) is 16.9 Å². The van der Waals surface area contributed by atoms with Gasteiger partial charge in [0, 0.05) is 0 Å². The number of benzene rings is 1. The van der Waals surface area contributed by atoms with E-state index in [0.717, 1.165) is 38.2 Å². The van der Waals surface area contributed by atoms with E-state index in [4.69, 9.17) is 11.6 Å². The summed E-state index contributed by atoms with van der Waals surface area (Å²) < 4.78 is 63.0. The number of rotatable bonds is 5. The average Bonchev–Trinajstić information content (AvgIpc) is 2.65. The molecule has 1 aliphatic carbocycles. The Bertz CT molecular complexity index is 637. The molecular formula is C19H20ClF5O. The van der Waals surface area contributed by atoms with Crippen molar-refractivity contribution in [2.45, 2.75) is 44.1 Å². The molecule has 1 aliphatic rings. The minimum Gasteiger partial charge on any atom is -0.216 e. The van der Waals surface area contributed by atoms with Crippen LogP contribution in [-0.4, -0.2) is 0 Å². The molecule has 2 rings (SSSR count). The summed E-state index contributed by atoms with van der Waals surface area (Å²) in [7, 11) is 0. The lowest BCUT2D eigenvalue weighted by Crippen LogP contribution is -2.16. The highest BCUT2D eigenvalue weighted by atomic mass is 35.5. The largest absolute Gasteiger partial charge is 0.414 e. The first kappa shape index (κ1) is 22.4. The van der Waals surface area contributed by atoms with Crippen LogP contribution < -0.4 is 0 Å². The van der Waals surface area contributed by atoms with E-state index in [1.165, 1.54) is 12.1 Å². The van der Waals surface area contributed by atoms with E-state index in [1.807, 2.05) is 0 Å². The van der Waals surface area contributed by atoms with Crippen LogP contribution in [0.25, 0.3) is 0 Å². The van der Waals surface area contributed by atoms with Gasteiger partial charge in [-0.25, -0.2) is 8.78 Å². The number of hydrogen-bond acceptors (Lipinski definition) is 1. The topological polar surface area (TPSA) is 9.23 Å². The lowest BCUT2D eigenvalue weighted by Gasteiger charge is -2.23. The van der Waals surface area contributed by atoms with Gasteiger partial charge in [-0.05, 0) is 41.0 Å². The monoisotopic (exact) mass is 394 g/mol. The standard InChI is InChI=1S/C13H13ClF4O.C6H7F/c14-11-10(13(16,17)19-18)7-6-9(12(11)15)8-4-2-1-3-5-8;1-2-3-4-5-6-7/h6-8H,1-5H2;2-6H,1H2/b;4-3-,6-5-. The van der Waals surface area contributed by atoms with Gasteiger partial charge < -0.3 is 0 Å². The number of allylic oxidation sites excluding steroid dienone is 4. The summed E-state index contributed by atoms with van der Waals surface area (Å²) >= 11 is 5.58. The maximum atomic E-state index is 14.1. The first-order valence-electron chi connectivity index (χ1n) is 8.09. The summed E-state index contributed by atoms with van der Waals surface area (Å²) in [5.74, 6) is -0.914. The second-order valence-electron chi connectivity index (χ2n) is 5.70. The molecule has 0 saturated heterocycles. The molecule has 7 heteroatoms. The molecule has 0 amide bonds. The zero-order valence-electron chi connectivity index (χ0n) is 14.0. The molecule has 144 valence electrons. The zero-order chi connectivity index (χ0) is 19.6. The van der Waals surface area contributed by atoms with Gasteiger partial charge in [0.2, 0.25) is 0 Å². The molecule has 26 heavy (non-hydrogen) atoms. The van der Waals surface area contributed by atoms with Crippen molar-refractivity contribution in [3.05, 3.63) is 71.3 Å². The maximum Gasteiger partial charge on any atom is 0.414 e. The number of halogens is 6. The second-order valence-corrected chi connectivity index (χ2v) is 6.08. The molecule has 0 unspecified atom stereocenters. The van der Waals surface area contributed by atoms with Gasteiger partial charge in [0.15, 0.2) is 0 Å². The Kier molecular flexibility index (Phi) is 9.59. The summed E-state index contributed by atoms with van der Waals surface area (Å²) in [4.78, 5) is 2.56. The van der Waals surface area contributed by atoms with Crippen molar-refractivity contribution in [1.29, 1.82) is 0 Å². The Morgan fingerprint density at radius 3 is 2.31 bits per heavy atom. The fraction of sp³-hybridized carbons (Fsp3) is 0.368. The van der Waals surface area contributed by atoms with Gasteiger partial charge in [-0.2, -0.15) is 8.78 Å². The van der Waals surface area contributed by atoms with Crippen LogP contribution in [0.4, 0.5) is 22.1 Å². The van der Waals surface area contributed by atoms with E-state index < -0.39 is 22.5 Å². The quantitative estimate of drug-likeness (QED) is 0.367. The van der Waals surface area contributed by atoms with Gasteiger partial charge in [-0.1, -0.05) is 61.7 Å². The number of alkyl halides is 2. The maximum absolute atomic E-state index is 14.1. The zero-order valence-corrected chi connectivity index (χ0v) is 14.8. The predicted octanol–water partition coefficient (Wildman–Crippen LogP) is 7.69. The Morgan fingerprint density at radius 1 is 1.12 bits per heavy atom. The highest BCUT2D eigenvalue weighted by Gasteiger charge is 2.38. The van der Waals surface area contributed by atoms with Crippen molar-refractivity contribution in [3.8, 4) is 0 Å². The van der Waals surface area contributed by atoms with Gasteiger partial charge >= 0.3 is 6.11 Å². The highest BCUT2D eigenvalue weighted by Crippen LogP contribution is 2.41. The third-order valence-corrected chi connectivity index (χ3v) is 4.37. The lowest BCUT2D eigenvalue weighted by atomic mass is 9.83. The molecule has 1 aromatic carbocycles. The Balaban J connectivity index is 0.000000412. The van der Waals surface area contributed by atoms with Crippen molar-refractivity contribution in [3.63, 3.8) is 0 Å². The average molecular weight is 395 g/mol. The molecule has 0 radical (unpaired) electrons. The summed E-state index contributed by atoms with van der Waals surface area (Å²) in [6, 6.07) is 2.17. The van der Waals surface area contributed by atoms with Crippen LogP contribution in [0.1, 0.15) is 49.1 Å². The first-order chi connectivity index (χ1) is 12.4. The van der Waals surface area contributed by atoms with E-state index in [2.05, 4.69) is 11.5 Å². The van der Waals surface area contributed by atoms with Crippen molar-refractivity contribution in [2.75, 3.05) is 0 Å². The van der Waals surface area contributed by atoms with Crippen molar-refractivity contribution >= 4 is 11.6 Å². The molecule has 0 bridgehead atoms. The van der Waals surface area contributed by atoms with Crippen LogP contribution in [0.2, 0.25) is 5.02 Å². The lowest BCUT2D eigenvalue weighted by molar-refractivity contribution is -0.364. The van der Waals surface area contributed by atoms with Crippen molar-refractivity contribution < 1.29 is 27.0 Å². The summed E-state index contributed by atoms with van der Waals surface area (Å²) in [5.41, 5.74) is -0.670. The predicted molar refractivity (Wildman–Crippen MR) is 92.9 cm³/mol. The molecule has 0 aliphatic heterocycles. The Hall–Kier alpha value is -1.66. The minimum atomic E-state index is -4.23. The van der Waals surface area contributed by atoms with Crippen LogP contribution in [0, 0.1) is 5.82 Å². The molecular weight excluding hydrogens is 375 g/mol. The summed E-state index contributed by atoms with van der Waals surface area (Å²) in [6.07, 6.45) is 7.00. The van der Waals surface area contributed by atoms with E-state index in [9.17, 15) is 22.1 Å². The molecule has 0 aromatic heterocycles. The third kappa shape index (κ3) is 6.25. The normalized spacial score (nSPS) is 15.9. The molecule has 1 nitrogen and oxygen atoms in total. The number of hydrogen-bond donors (Lipinski definition) is 0.